The molecule has 1 aliphatic carbocycles. The van der Waals surface area contributed by atoms with Crippen molar-refractivity contribution in [2.75, 3.05) is 20.1 Å². The third-order valence-corrected chi connectivity index (χ3v) is 4.63. The molecule has 114 valence electrons. The lowest BCUT2D eigenvalue weighted by molar-refractivity contribution is -0.130. The number of carbonyl (C=O) groups is 2. The van der Waals surface area contributed by atoms with Crippen molar-refractivity contribution in [3.05, 3.63) is 17.5 Å². The Morgan fingerprint density at radius 1 is 1.29 bits per heavy atom. The minimum Gasteiger partial charge on any atom is -0.343 e. The van der Waals surface area contributed by atoms with Gasteiger partial charge in [-0.1, -0.05) is 0 Å². The van der Waals surface area contributed by atoms with E-state index in [9.17, 15) is 9.59 Å². The number of aromatic amines is 1. The van der Waals surface area contributed by atoms with Crippen LogP contribution in [0.2, 0.25) is 0 Å². The molecule has 6 heteroatoms. The van der Waals surface area contributed by atoms with E-state index in [-0.39, 0.29) is 17.9 Å². The molecule has 6 nitrogen and oxygen atoms in total. The molecular formula is C15H22N4O2. The summed E-state index contributed by atoms with van der Waals surface area (Å²) in [5, 5.41) is 7.13. The molecule has 0 atom stereocenters. The molecule has 0 spiro atoms. The summed E-state index contributed by atoms with van der Waals surface area (Å²) in [6, 6.07) is 2.14. The van der Waals surface area contributed by atoms with Gasteiger partial charge in [0.2, 0.25) is 5.91 Å². The Morgan fingerprint density at radius 2 is 1.95 bits per heavy atom. The second-order valence-corrected chi connectivity index (χ2v) is 6.14. The van der Waals surface area contributed by atoms with Crippen molar-refractivity contribution in [1.29, 1.82) is 0 Å². The molecule has 1 saturated carbocycles. The van der Waals surface area contributed by atoms with Crippen LogP contribution in [-0.2, 0) is 4.79 Å². The van der Waals surface area contributed by atoms with Gasteiger partial charge in [0.1, 0.15) is 5.69 Å². The molecule has 2 amide bonds. The maximum atomic E-state index is 12.4. The van der Waals surface area contributed by atoms with E-state index in [2.05, 4.69) is 10.2 Å². The quantitative estimate of drug-likeness (QED) is 0.914. The Kier molecular flexibility index (Phi) is 3.69. The fourth-order valence-corrected chi connectivity index (χ4v) is 2.93. The van der Waals surface area contributed by atoms with Gasteiger partial charge in [0.05, 0.1) is 0 Å². The van der Waals surface area contributed by atoms with E-state index in [1.807, 2.05) is 18.0 Å². The Hall–Kier alpha value is -1.85. The number of carbonyl (C=O) groups excluding carboxylic acids is 2. The molecule has 1 aromatic heterocycles. The molecule has 0 unspecified atom stereocenters. The van der Waals surface area contributed by atoms with Gasteiger partial charge in [-0.15, -0.1) is 0 Å². The highest BCUT2D eigenvalue weighted by atomic mass is 16.2. The Bertz CT molecular complexity index is 542. The largest absolute Gasteiger partial charge is 0.343 e. The SMILES string of the molecule is CC(=O)N(C)C1CCN(C(=O)c2cc(C3CC3)[nH]n2)CC1. The number of piperidine rings is 1. The fourth-order valence-electron chi connectivity index (χ4n) is 2.93. The molecule has 21 heavy (non-hydrogen) atoms. The van der Waals surface area contributed by atoms with Crippen molar-refractivity contribution in [2.45, 2.75) is 44.6 Å². The Balaban J connectivity index is 1.58. The first-order chi connectivity index (χ1) is 10.1. The summed E-state index contributed by atoms with van der Waals surface area (Å²) < 4.78 is 0. The lowest BCUT2D eigenvalue weighted by Gasteiger charge is -2.36. The molecule has 0 bridgehead atoms. The van der Waals surface area contributed by atoms with Crippen molar-refractivity contribution >= 4 is 11.8 Å². The number of hydrogen-bond donors (Lipinski definition) is 1. The zero-order valence-corrected chi connectivity index (χ0v) is 12.6. The molecular weight excluding hydrogens is 268 g/mol. The first-order valence-electron chi connectivity index (χ1n) is 7.64. The molecule has 1 aliphatic heterocycles. The van der Waals surface area contributed by atoms with Crippen LogP contribution < -0.4 is 0 Å². The molecule has 1 N–H and O–H groups in total. The lowest BCUT2D eigenvalue weighted by atomic mass is 10.0. The number of nitrogens with zero attached hydrogens (tertiary/aromatic N) is 3. The number of H-pyrrole nitrogens is 1. The van der Waals surface area contributed by atoms with E-state index in [1.165, 1.54) is 12.8 Å². The highest BCUT2D eigenvalue weighted by Gasteiger charge is 2.30. The van der Waals surface area contributed by atoms with Crippen molar-refractivity contribution < 1.29 is 9.59 Å². The standard InChI is InChI=1S/C15H22N4O2/c1-10(20)18(2)12-5-7-19(8-6-12)15(21)14-9-13(16-17-14)11-3-4-11/h9,11-12H,3-8H2,1-2H3,(H,16,17). The summed E-state index contributed by atoms with van der Waals surface area (Å²) in [5.74, 6) is 0.664. The molecule has 3 rings (SSSR count). The van der Waals surface area contributed by atoms with Crippen molar-refractivity contribution in [1.82, 2.24) is 20.0 Å². The van der Waals surface area contributed by atoms with Gasteiger partial charge in [-0.25, -0.2) is 0 Å². The summed E-state index contributed by atoms with van der Waals surface area (Å²) in [7, 11) is 1.83. The van der Waals surface area contributed by atoms with Crippen LogP contribution in [0.4, 0.5) is 0 Å². The second kappa shape index (κ2) is 5.50. The van der Waals surface area contributed by atoms with Gasteiger partial charge < -0.3 is 9.80 Å². The monoisotopic (exact) mass is 290 g/mol. The second-order valence-electron chi connectivity index (χ2n) is 6.14. The maximum absolute atomic E-state index is 12.4. The van der Waals surface area contributed by atoms with Crippen LogP contribution in [0.25, 0.3) is 0 Å². The summed E-state index contributed by atoms with van der Waals surface area (Å²) in [4.78, 5) is 27.4. The average Bonchev–Trinajstić information content (AvgIpc) is 3.23. The summed E-state index contributed by atoms with van der Waals surface area (Å²) in [6.07, 6.45) is 4.06. The maximum Gasteiger partial charge on any atom is 0.274 e. The van der Waals surface area contributed by atoms with Gasteiger partial charge in [-0.2, -0.15) is 5.10 Å². The van der Waals surface area contributed by atoms with E-state index in [1.54, 1.807) is 11.8 Å². The number of rotatable bonds is 3. The van der Waals surface area contributed by atoms with Crippen LogP contribution in [0.5, 0.6) is 0 Å². The first-order valence-corrected chi connectivity index (χ1v) is 7.64. The summed E-state index contributed by atoms with van der Waals surface area (Å²) >= 11 is 0. The number of aromatic nitrogens is 2. The average molecular weight is 290 g/mol. The lowest BCUT2D eigenvalue weighted by Crippen LogP contribution is -2.46. The van der Waals surface area contributed by atoms with Crippen molar-refractivity contribution in [2.24, 2.45) is 0 Å². The van der Waals surface area contributed by atoms with E-state index in [4.69, 9.17) is 0 Å². The molecule has 0 aromatic carbocycles. The van der Waals surface area contributed by atoms with Gasteiger partial charge in [0.25, 0.3) is 5.91 Å². The number of amides is 2. The topological polar surface area (TPSA) is 69.3 Å². The van der Waals surface area contributed by atoms with E-state index >= 15 is 0 Å². The highest BCUT2D eigenvalue weighted by molar-refractivity contribution is 5.92. The number of nitrogens with one attached hydrogen (secondary N) is 1. The van der Waals surface area contributed by atoms with Gasteiger partial charge in [-0.3, -0.25) is 14.7 Å². The predicted molar refractivity (Wildman–Crippen MR) is 77.9 cm³/mol. The molecule has 2 aliphatic rings. The molecule has 0 radical (unpaired) electrons. The van der Waals surface area contributed by atoms with Gasteiger partial charge in [0, 0.05) is 44.7 Å². The molecule has 1 saturated heterocycles. The third kappa shape index (κ3) is 2.94. The van der Waals surface area contributed by atoms with Crippen molar-refractivity contribution in [3.63, 3.8) is 0 Å². The van der Waals surface area contributed by atoms with Crippen molar-refractivity contribution in [3.8, 4) is 0 Å². The van der Waals surface area contributed by atoms with Gasteiger partial charge >= 0.3 is 0 Å². The van der Waals surface area contributed by atoms with Gasteiger partial charge in [-0.05, 0) is 31.7 Å². The van der Waals surface area contributed by atoms with Crippen LogP contribution in [0.15, 0.2) is 6.07 Å². The van der Waals surface area contributed by atoms with Crippen LogP contribution in [0, 0.1) is 0 Å². The Morgan fingerprint density at radius 3 is 2.52 bits per heavy atom. The molecule has 2 heterocycles. The van der Waals surface area contributed by atoms with Crippen LogP contribution in [0.3, 0.4) is 0 Å². The van der Waals surface area contributed by atoms with Gasteiger partial charge in [0.15, 0.2) is 0 Å². The zero-order valence-electron chi connectivity index (χ0n) is 12.6. The normalized spacial score (nSPS) is 19.6. The highest BCUT2D eigenvalue weighted by Crippen LogP contribution is 2.39. The fraction of sp³-hybridized carbons (Fsp3) is 0.667. The zero-order chi connectivity index (χ0) is 15.0. The smallest absolute Gasteiger partial charge is 0.274 e. The summed E-state index contributed by atoms with van der Waals surface area (Å²) in [5.41, 5.74) is 1.61. The van der Waals surface area contributed by atoms with Crippen LogP contribution >= 0.6 is 0 Å². The third-order valence-electron chi connectivity index (χ3n) is 4.63. The van der Waals surface area contributed by atoms with Crippen LogP contribution in [0.1, 0.15) is 54.7 Å². The van der Waals surface area contributed by atoms with E-state index in [0.717, 1.165) is 18.5 Å². The predicted octanol–water partition coefficient (Wildman–Crippen LogP) is 1.37. The van der Waals surface area contributed by atoms with E-state index < -0.39 is 0 Å². The summed E-state index contributed by atoms with van der Waals surface area (Å²) in [6.45, 7) is 2.96. The number of hydrogen-bond acceptors (Lipinski definition) is 3. The first kappa shape index (κ1) is 14.1. The number of likely N-dealkylation sites (tertiary alicyclic amines) is 1. The molecule has 2 fully saturated rings. The van der Waals surface area contributed by atoms with Crippen LogP contribution in [-0.4, -0.2) is 58.0 Å². The minimum absolute atomic E-state index is 0.00192. The van der Waals surface area contributed by atoms with E-state index in [0.29, 0.717) is 24.7 Å². The molecule has 1 aromatic rings. The Labute approximate surface area is 124 Å². The minimum atomic E-state index is 0.00192.